The van der Waals surface area contributed by atoms with Crippen LogP contribution in [-0.4, -0.2) is 38.6 Å². The minimum atomic E-state index is -0.0183. The van der Waals surface area contributed by atoms with Crippen molar-refractivity contribution in [1.82, 2.24) is 0 Å². The van der Waals surface area contributed by atoms with Crippen molar-refractivity contribution in [3.05, 3.63) is 59.1 Å². The first-order valence-corrected chi connectivity index (χ1v) is 9.24. The van der Waals surface area contributed by atoms with Crippen molar-refractivity contribution in [1.29, 1.82) is 0 Å². The summed E-state index contributed by atoms with van der Waals surface area (Å²) in [6, 6.07) is 15.5. The SMILES string of the molecule is CC[NH+]1CCN(c2ccc(NC(=O)Cc3ccc(Cl)cc3)cc2)CC1. The molecule has 1 heterocycles. The van der Waals surface area contributed by atoms with E-state index in [1.54, 1.807) is 17.0 Å². The summed E-state index contributed by atoms with van der Waals surface area (Å²) in [5.74, 6) is -0.0183. The van der Waals surface area contributed by atoms with Gasteiger partial charge in [0.25, 0.3) is 0 Å². The van der Waals surface area contributed by atoms with Crippen LogP contribution in [0.1, 0.15) is 12.5 Å². The molecule has 2 aromatic carbocycles. The average molecular weight is 359 g/mol. The van der Waals surface area contributed by atoms with Crippen LogP contribution in [0, 0.1) is 0 Å². The summed E-state index contributed by atoms with van der Waals surface area (Å²) in [5, 5.41) is 3.64. The second-order valence-corrected chi connectivity index (χ2v) is 6.93. The van der Waals surface area contributed by atoms with Crippen LogP contribution in [0.5, 0.6) is 0 Å². The largest absolute Gasteiger partial charge is 0.360 e. The molecule has 0 radical (unpaired) electrons. The Balaban J connectivity index is 1.53. The zero-order valence-corrected chi connectivity index (χ0v) is 15.4. The maximum absolute atomic E-state index is 12.2. The molecule has 0 spiro atoms. The summed E-state index contributed by atoms with van der Waals surface area (Å²) < 4.78 is 0. The number of amides is 1. The van der Waals surface area contributed by atoms with Gasteiger partial charge in [-0.25, -0.2) is 0 Å². The minimum absolute atomic E-state index is 0.0183. The first-order valence-electron chi connectivity index (χ1n) is 8.87. The monoisotopic (exact) mass is 358 g/mol. The molecular weight excluding hydrogens is 334 g/mol. The van der Waals surface area contributed by atoms with E-state index in [4.69, 9.17) is 11.6 Å². The van der Waals surface area contributed by atoms with Gasteiger partial charge in [0.2, 0.25) is 5.91 Å². The van der Waals surface area contributed by atoms with E-state index >= 15 is 0 Å². The number of rotatable bonds is 5. The maximum Gasteiger partial charge on any atom is 0.228 e. The molecule has 4 nitrogen and oxygen atoms in total. The fourth-order valence-electron chi connectivity index (χ4n) is 3.18. The van der Waals surface area contributed by atoms with E-state index in [2.05, 4.69) is 29.3 Å². The number of piperazine rings is 1. The maximum atomic E-state index is 12.2. The number of anilines is 2. The van der Waals surface area contributed by atoms with E-state index in [0.717, 1.165) is 24.3 Å². The molecule has 0 unspecified atom stereocenters. The number of quaternary nitrogens is 1. The van der Waals surface area contributed by atoms with Gasteiger partial charge in [0.15, 0.2) is 0 Å². The normalized spacial score (nSPS) is 15.2. The topological polar surface area (TPSA) is 36.8 Å². The number of nitrogens with one attached hydrogen (secondary N) is 2. The highest BCUT2D eigenvalue weighted by molar-refractivity contribution is 6.30. The molecule has 5 heteroatoms. The van der Waals surface area contributed by atoms with Crippen LogP contribution in [0.25, 0.3) is 0 Å². The summed E-state index contributed by atoms with van der Waals surface area (Å²) in [4.78, 5) is 16.2. The lowest BCUT2D eigenvalue weighted by atomic mass is 10.1. The van der Waals surface area contributed by atoms with Gasteiger partial charge in [-0.2, -0.15) is 0 Å². The van der Waals surface area contributed by atoms with Crippen LogP contribution in [0.3, 0.4) is 0 Å². The molecule has 0 atom stereocenters. The molecule has 0 aromatic heterocycles. The smallest absolute Gasteiger partial charge is 0.228 e. The molecule has 0 aliphatic carbocycles. The Hall–Kier alpha value is -2.04. The Morgan fingerprint density at radius 3 is 2.32 bits per heavy atom. The van der Waals surface area contributed by atoms with E-state index in [-0.39, 0.29) is 5.91 Å². The highest BCUT2D eigenvalue weighted by Crippen LogP contribution is 2.18. The predicted molar refractivity (Wildman–Crippen MR) is 104 cm³/mol. The van der Waals surface area contributed by atoms with Gasteiger partial charge in [-0.15, -0.1) is 0 Å². The summed E-state index contributed by atoms with van der Waals surface area (Å²) >= 11 is 5.87. The molecule has 132 valence electrons. The molecule has 1 aliphatic heterocycles. The lowest BCUT2D eigenvalue weighted by molar-refractivity contribution is -0.898. The van der Waals surface area contributed by atoms with E-state index < -0.39 is 0 Å². The standard InChI is InChI=1S/C20H24ClN3O/c1-2-23-11-13-24(14-12-23)19-9-7-18(8-10-19)22-20(25)15-16-3-5-17(21)6-4-16/h3-10H,2,11-15H2,1H3,(H,22,25)/p+1. The van der Waals surface area contributed by atoms with Crippen molar-refractivity contribution in [3.63, 3.8) is 0 Å². The second-order valence-electron chi connectivity index (χ2n) is 6.49. The number of carbonyl (C=O) groups excluding carboxylic acids is 1. The fraction of sp³-hybridized carbons (Fsp3) is 0.350. The molecule has 3 rings (SSSR count). The zero-order valence-electron chi connectivity index (χ0n) is 14.6. The van der Waals surface area contributed by atoms with E-state index in [0.29, 0.717) is 11.4 Å². The van der Waals surface area contributed by atoms with Gasteiger partial charge in [-0.3, -0.25) is 4.79 Å². The van der Waals surface area contributed by atoms with Gasteiger partial charge in [-0.05, 0) is 48.9 Å². The number of halogens is 1. The second kappa shape index (κ2) is 8.37. The van der Waals surface area contributed by atoms with Gasteiger partial charge >= 0.3 is 0 Å². The Kier molecular flexibility index (Phi) is 5.95. The number of hydrogen-bond donors (Lipinski definition) is 2. The van der Waals surface area contributed by atoms with Gasteiger partial charge in [0.1, 0.15) is 0 Å². The van der Waals surface area contributed by atoms with Crippen molar-refractivity contribution in [2.24, 2.45) is 0 Å². The molecule has 0 saturated carbocycles. The van der Waals surface area contributed by atoms with E-state index in [9.17, 15) is 4.79 Å². The fourth-order valence-corrected chi connectivity index (χ4v) is 3.31. The number of likely N-dealkylation sites (N-methyl/N-ethyl adjacent to an activating group) is 1. The molecule has 1 saturated heterocycles. The van der Waals surface area contributed by atoms with E-state index in [1.807, 2.05) is 24.3 Å². The third-order valence-corrected chi connectivity index (χ3v) is 5.02. The first-order chi connectivity index (χ1) is 12.1. The van der Waals surface area contributed by atoms with Crippen LogP contribution in [-0.2, 0) is 11.2 Å². The van der Waals surface area contributed by atoms with Crippen molar-refractivity contribution >= 4 is 28.9 Å². The van der Waals surface area contributed by atoms with Crippen molar-refractivity contribution in [2.45, 2.75) is 13.3 Å². The molecule has 25 heavy (non-hydrogen) atoms. The molecule has 1 fully saturated rings. The van der Waals surface area contributed by atoms with Crippen LogP contribution in [0.15, 0.2) is 48.5 Å². The highest BCUT2D eigenvalue weighted by atomic mass is 35.5. The van der Waals surface area contributed by atoms with Gasteiger partial charge < -0.3 is 15.1 Å². The Morgan fingerprint density at radius 1 is 1.08 bits per heavy atom. The summed E-state index contributed by atoms with van der Waals surface area (Å²) in [6.07, 6.45) is 0.348. The van der Waals surface area contributed by atoms with Crippen LogP contribution < -0.4 is 15.1 Å². The van der Waals surface area contributed by atoms with Gasteiger partial charge in [0.05, 0.1) is 39.1 Å². The van der Waals surface area contributed by atoms with Gasteiger partial charge in [0, 0.05) is 16.4 Å². The highest BCUT2D eigenvalue weighted by Gasteiger charge is 2.18. The predicted octanol–water partition coefficient (Wildman–Crippen LogP) is 2.25. The number of nitrogens with zero attached hydrogens (tertiary/aromatic N) is 1. The van der Waals surface area contributed by atoms with Gasteiger partial charge in [-0.1, -0.05) is 23.7 Å². The number of benzene rings is 2. The van der Waals surface area contributed by atoms with Crippen molar-refractivity contribution < 1.29 is 9.69 Å². The van der Waals surface area contributed by atoms with Crippen LogP contribution >= 0.6 is 11.6 Å². The average Bonchev–Trinajstić information content (AvgIpc) is 2.64. The molecule has 2 aromatic rings. The number of carbonyl (C=O) groups is 1. The third-order valence-electron chi connectivity index (χ3n) is 4.76. The van der Waals surface area contributed by atoms with Crippen LogP contribution in [0.4, 0.5) is 11.4 Å². The van der Waals surface area contributed by atoms with Crippen LogP contribution in [0.2, 0.25) is 5.02 Å². The summed E-state index contributed by atoms with van der Waals surface area (Å²) in [5.41, 5.74) is 3.02. The first kappa shape index (κ1) is 17.8. The number of hydrogen-bond acceptors (Lipinski definition) is 2. The molecule has 0 bridgehead atoms. The minimum Gasteiger partial charge on any atom is -0.360 e. The zero-order chi connectivity index (χ0) is 17.6. The summed E-state index contributed by atoms with van der Waals surface area (Å²) in [6.45, 7) is 8.00. The Morgan fingerprint density at radius 2 is 1.72 bits per heavy atom. The molecule has 1 aliphatic rings. The molecule has 1 amide bonds. The molecular formula is C20H25ClN3O+. The van der Waals surface area contributed by atoms with Crippen molar-refractivity contribution in [3.8, 4) is 0 Å². The Bertz CT molecular complexity index is 692. The quantitative estimate of drug-likeness (QED) is 0.860. The lowest BCUT2D eigenvalue weighted by Gasteiger charge is -2.33. The third kappa shape index (κ3) is 4.97. The molecule has 2 N–H and O–H groups in total. The Labute approximate surface area is 154 Å². The van der Waals surface area contributed by atoms with E-state index in [1.165, 1.54) is 25.3 Å². The van der Waals surface area contributed by atoms with Crippen molar-refractivity contribution in [2.75, 3.05) is 42.9 Å². The summed E-state index contributed by atoms with van der Waals surface area (Å²) in [7, 11) is 0. The lowest BCUT2D eigenvalue weighted by Crippen LogP contribution is -3.14.